The standard InChI is InChI=1S/C6H15NO/c1-4-6(7)5(2)8-3/h5-6H,4,7H2,1-3H3/t5-,6-/m1/s1. The van der Waals surface area contributed by atoms with Crippen molar-refractivity contribution in [3.05, 3.63) is 0 Å². The molecule has 2 nitrogen and oxygen atoms in total. The van der Waals surface area contributed by atoms with Gasteiger partial charge in [0.2, 0.25) is 0 Å². The van der Waals surface area contributed by atoms with Crippen LogP contribution >= 0.6 is 0 Å². The van der Waals surface area contributed by atoms with Crippen molar-refractivity contribution >= 4 is 0 Å². The zero-order chi connectivity index (χ0) is 6.57. The van der Waals surface area contributed by atoms with E-state index < -0.39 is 0 Å². The van der Waals surface area contributed by atoms with Crippen molar-refractivity contribution < 1.29 is 4.74 Å². The Morgan fingerprint density at radius 3 is 2.25 bits per heavy atom. The van der Waals surface area contributed by atoms with E-state index in [1.54, 1.807) is 7.11 Å². The molecule has 50 valence electrons. The molecule has 0 saturated carbocycles. The minimum atomic E-state index is 0.194. The van der Waals surface area contributed by atoms with Crippen LogP contribution < -0.4 is 5.73 Å². The van der Waals surface area contributed by atoms with E-state index in [1.165, 1.54) is 0 Å². The van der Waals surface area contributed by atoms with E-state index in [9.17, 15) is 0 Å². The minimum absolute atomic E-state index is 0.194. The fourth-order valence-electron chi connectivity index (χ4n) is 0.507. The summed E-state index contributed by atoms with van der Waals surface area (Å²) in [5.41, 5.74) is 5.60. The minimum Gasteiger partial charge on any atom is -0.380 e. The molecule has 0 unspecified atom stereocenters. The van der Waals surface area contributed by atoms with Gasteiger partial charge >= 0.3 is 0 Å². The van der Waals surface area contributed by atoms with E-state index in [1.807, 2.05) is 6.92 Å². The summed E-state index contributed by atoms with van der Waals surface area (Å²) in [6.07, 6.45) is 1.18. The van der Waals surface area contributed by atoms with Crippen LogP contribution in [0.25, 0.3) is 0 Å². The molecule has 0 spiro atoms. The first-order valence-corrected chi connectivity index (χ1v) is 3.00. The van der Waals surface area contributed by atoms with Crippen LogP contribution in [0, 0.1) is 0 Å². The number of methoxy groups -OCH3 is 1. The maximum absolute atomic E-state index is 5.60. The third-order valence-corrected chi connectivity index (χ3v) is 1.45. The Labute approximate surface area is 51.0 Å². The van der Waals surface area contributed by atoms with Crippen LogP contribution in [-0.2, 0) is 4.74 Å². The fourth-order valence-corrected chi connectivity index (χ4v) is 0.507. The van der Waals surface area contributed by atoms with Crippen LogP contribution in [0.4, 0.5) is 0 Å². The van der Waals surface area contributed by atoms with Crippen molar-refractivity contribution in [1.29, 1.82) is 0 Å². The van der Waals surface area contributed by atoms with Gasteiger partial charge in [0.25, 0.3) is 0 Å². The fraction of sp³-hybridized carbons (Fsp3) is 1.00. The number of hydrogen-bond acceptors (Lipinski definition) is 2. The number of ether oxygens (including phenoxy) is 1. The van der Waals surface area contributed by atoms with Crippen LogP contribution in [0.3, 0.4) is 0 Å². The van der Waals surface area contributed by atoms with Crippen LogP contribution in [0.2, 0.25) is 0 Å². The van der Waals surface area contributed by atoms with Gasteiger partial charge in [-0.05, 0) is 13.3 Å². The molecule has 0 aromatic rings. The molecule has 0 aliphatic carbocycles. The highest BCUT2D eigenvalue weighted by Crippen LogP contribution is 1.96. The highest BCUT2D eigenvalue weighted by Gasteiger charge is 2.06. The Morgan fingerprint density at radius 1 is 1.62 bits per heavy atom. The second-order valence-corrected chi connectivity index (χ2v) is 2.01. The van der Waals surface area contributed by atoms with E-state index in [-0.39, 0.29) is 12.1 Å². The van der Waals surface area contributed by atoms with Crippen LogP contribution in [0.1, 0.15) is 20.3 Å². The highest BCUT2D eigenvalue weighted by atomic mass is 16.5. The second kappa shape index (κ2) is 3.87. The molecule has 0 saturated heterocycles. The Bertz CT molecular complexity index is 48.5. The summed E-state index contributed by atoms with van der Waals surface area (Å²) in [6, 6.07) is 0.194. The van der Waals surface area contributed by atoms with Crippen molar-refractivity contribution in [3.63, 3.8) is 0 Å². The Hall–Kier alpha value is -0.0800. The molecule has 0 radical (unpaired) electrons. The number of rotatable bonds is 3. The molecule has 0 aliphatic heterocycles. The van der Waals surface area contributed by atoms with Gasteiger partial charge in [-0.2, -0.15) is 0 Å². The Kier molecular flexibility index (Phi) is 3.83. The summed E-state index contributed by atoms with van der Waals surface area (Å²) in [4.78, 5) is 0. The highest BCUT2D eigenvalue weighted by molar-refractivity contribution is 4.65. The van der Waals surface area contributed by atoms with Gasteiger partial charge in [0.05, 0.1) is 6.10 Å². The van der Waals surface area contributed by atoms with Gasteiger partial charge in [0, 0.05) is 13.2 Å². The summed E-state index contributed by atoms with van der Waals surface area (Å²) >= 11 is 0. The molecule has 0 amide bonds. The smallest absolute Gasteiger partial charge is 0.0693 e. The molecule has 0 heterocycles. The monoisotopic (exact) mass is 117 g/mol. The first-order chi connectivity index (χ1) is 3.72. The van der Waals surface area contributed by atoms with Crippen molar-refractivity contribution in [3.8, 4) is 0 Å². The second-order valence-electron chi connectivity index (χ2n) is 2.01. The average molecular weight is 117 g/mol. The molecule has 2 atom stereocenters. The Morgan fingerprint density at radius 2 is 2.12 bits per heavy atom. The zero-order valence-electron chi connectivity index (χ0n) is 5.85. The molecule has 0 aromatic heterocycles. The van der Waals surface area contributed by atoms with Crippen LogP contribution in [0.5, 0.6) is 0 Å². The largest absolute Gasteiger partial charge is 0.380 e. The van der Waals surface area contributed by atoms with E-state index in [4.69, 9.17) is 10.5 Å². The summed E-state index contributed by atoms with van der Waals surface area (Å²) in [5, 5.41) is 0. The van der Waals surface area contributed by atoms with Gasteiger partial charge in [0.1, 0.15) is 0 Å². The van der Waals surface area contributed by atoms with Crippen molar-refractivity contribution in [2.45, 2.75) is 32.4 Å². The zero-order valence-corrected chi connectivity index (χ0v) is 5.85. The van der Waals surface area contributed by atoms with Gasteiger partial charge < -0.3 is 10.5 Å². The lowest BCUT2D eigenvalue weighted by molar-refractivity contribution is 0.0944. The van der Waals surface area contributed by atoms with Crippen LogP contribution in [0.15, 0.2) is 0 Å². The van der Waals surface area contributed by atoms with E-state index in [0.29, 0.717) is 0 Å². The van der Waals surface area contributed by atoms with Crippen LogP contribution in [-0.4, -0.2) is 19.3 Å². The third kappa shape index (κ3) is 2.28. The molecule has 2 N–H and O–H groups in total. The maximum Gasteiger partial charge on any atom is 0.0693 e. The summed E-state index contributed by atoms with van der Waals surface area (Å²) in [5.74, 6) is 0. The lowest BCUT2D eigenvalue weighted by Crippen LogP contribution is -2.32. The molecular weight excluding hydrogens is 102 g/mol. The molecule has 0 rings (SSSR count). The molecular formula is C6H15NO. The Balaban J connectivity index is 3.29. The predicted octanol–water partition coefficient (Wildman–Crippen LogP) is 0.759. The normalized spacial score (nSPS) is 18.0. The van der Waals surface area contributed by atoms with Gasteiger partial charge in [-0.15, -0.1) is 0 Å². The number of hydrogen-bond donors (Lipinski definition) is 1. The number of nitrogens with two attached hydrogens (primary N) is 1. The molecule has 0 fully saturated rings. The molecule has 0 aromatic carbocycles. The average Bonchev–Trinajstić information content (AvgIpc) is 1.84. The van der Waals surface area contributed by atoms with Gasteiger partial charge in [-0.3, -0.25) is 0 Å². The predicted molar refractivity (Wildman–Crippen MR) is 34.7 cm³/mol. The maximum atomic E-state index is 5.60. The summed E-state index contributed by atoms with van der Waals surface area (Å²) in [6.45, 7) is 4.04. The molecule has 8 heavy (non-hydrogen) atoms. The van der Waals surface area contributed by atoms with Crippen molar-refractivity contribution in [2.75, 3.05) is 7.11 Å². The first kappa shape index (κ1) is 7.92. The third-order valence-electron chi connectivity index (χ3n) is 1.45. The van der Waals surface area contributed by atoms with Crippen molar-refractivity contribution in [2.24, 2.45) is 5.73 Å². The quantitative estimate of drug-likeness (QED) is 0.592. The van der Waals surface area contributed by atoms with Gasteiger partial charge in [-0.25, -0.2) is 0 Å². The summed E-state index contributed by atoms with van der Waals surface area (Å²) < 4.78 is 4.98. The first-order valence-electron chi connectivity index (χ1n) is 3.00. The van der Waals surface area contributed by atoms with E-state index in [0.717, 1.165) is 6.42 Å². The topological polar surface area (TPSA) is 35.2 Å². The summed E-state index contributed by atoms with van der Waals surface area (Å²) in [7, 11) is 1.68. The molecule has 0 aliphatic rings. The lowest BCUT2D eigenvalue weighted by Gasteiger charge is -2.15. The van der Waals surface area contributed by atoms with E-state index >= 15 is 0 Å². The lowest BCUT2D eigenvalue weighted by atomic mass is 10.1. The molecule has 0 bridgehead atoms. The van der Waals surface area contributed by atoms with Gasteiger partial charge in [0.15, 0.2) is 0 Å². The molecule has 2 heteroatoms. The SMILES string of the molecule is CC[C@@H](N)[C@@H](C)OC. The van der Waals surface area contributed by atoms with Gasteiger partial charge in [-0.1, -0.05) is 6.92 Å². The van der Waals surface area contributed by atoms with E-state index in [2.05, 4.69) is 6.92 Å². The van der Waals surface area contributed by atoms with Crippen molar-refractivity contribution in [1.82, 2.24) is 0 Å².